The van der Waals surface area contributed by atoms with E-state index < -0.39 is 0 Å². The first-order valence-corrected chi connectivity index (χ1v) is 6.27. The summed E-state index contributed by atoms with van der Waals surface area (Å²) in [4.78, 5) is 0. The highest BCUT2D eigenvalue weighted by molar-refractivity contribution is 5.91. The first kappa shape index (κ1) is 11.6. The van der Waals surface area contributed by atoms with Gasteiger partial charge in [0.05, 0.1) is 5.56 Å². The maximum atomic E-state index is 9.33. The molecule has 0 saturated carbocycles. The Labute approximate surface area is 112 Å². The Hall–Kier alpha value is -2.53. The highest BCUT2D eigenvalue weighted by atomic mass is 14.9. The summed E-state index contributed by atoms with van der Waals surface area (Å²) in [5, 5.41) is 10.4. The van der Waals surface area contributed by atoms with Crippen LogP contribution in [0.15, 0.2) is 48.5 Å². The molecule has 0 radical (unpaired) electrons. The third kappa shape index (κ3) is 1.71. The maximum Gasteiger partial charge on any atom is 0.102 e. The number of hydrogen-bond acceptors (Lipinski definition) is 1. The third-order valence-electron chi connectivity index (χ3n) is 3.71. The van der Waals surface area contributed by atoms with Gasteiger partial charge in [0.15, 0.2) is 0 Å². The first-order chi connectivity index (χ1) is 9.22. The van der Waals surface area contributed by atoms with Crippen molar-refractivity contribution >= 4 is 10.9 Å². The number of hydrogen-bond donors (Lipinski definition) is 0. The quantitative estimate of drug-likeness (QED) is 0.637. The predicted molar refractivity (Wildman–Crippen MR) is 77.8 cm³/mol. The minimum absolute atomic E-state index is 0.773. The van der Waals surface area contributed by atoms with Crippen LogP contribution in [0.3, 0.4) is 0 Å². The van der Waals surface area contributed by atoms with Crippen LogP contribution >= 0.6 is 0 Å². The van der Waals surface area contributed by atoms with Crippen molar-refractivity contribution in [1.82, 2.24) is 4.57 Å². The predicted octanol–water partition coefficient (Wildman–Crippen LogP) is 4.03. The van der Waals surface area contributed by atoms with Gasteiger partial charge in [0.2, 0.25) is 0 Å². The van der Waals surface area contributed by atoms with Gasteiger partial charge in [-0.15, -0.1) is 0 Å². The molecule has 1 heterocycles. The molecule has 0 N–H and O–H groups in total. The number of aromatic nitrogens is 1. The van der Waals surface area contributed by atoms with E-state index in [0.717, 1.165) is 27.7 Å². The Morgan fingerprint density at radius 2 is 1.74 bits per heavy atom. The molecule has 1 aromatic heterocycles. The minimum atomic E-state index is 0.773. The molecular formula is C17H14N2. The molecule has 0 bridgehead atoms. The number of rotatable bonds is 1. The van der Waals surface area contributed by atoms with Gasteiger partial charge in [-0.05, 0) is 30.2 Å². The topological polar surface area (TPSA) is 28.7 Å². The zero-order valence-corrected chi connectivity index (χ0v) is 11.0. The molecule has 92 valence electrons. The van der Waals surface area contributed by atoms with Crippen LogP contribution in [0.5, 0.6) is 0 Å². The molecule has 2 aromatic carbocycles. The lowest BCUT2D eigenvalue weighted by molar-refractivity contribution is 0.915. The Morgan fingerprint density at radius 3 is 2.42 bits per heavy atom. The van der Waals surface area contributed by atoms with Gasteiger partial charge >= 0.3 is 0 Å². The highest BCUT2D eigenvalue weighted by Crippen LogP contribution is 2.29. The van der Waals surface area contributed by atoms with Crippen molar-refractivity contribution in [2.45, 2.75) is 6.92 Å². The lowest BCUT2D eigenvalue weighted by Crippen LogP contribution is -1.90. The summed E-state index contributed by atoms with van der Waals surface area (Å²) < 4.78 is 2.07. The SMILES string of the molecule is Cc1c(C#N)c2cc(-c3ccccc3)ccc2n1C. The molecule has 2 nitrogen and oxygen atoms in total. The monoisotopic (exact) mass is 246 g/mol. The van der Waals surface area contributed by atoms with E-state index in [1.165, 1.54) is 5.56 Å². The highest BCUT2D eigenvalue weighted by Gasteiger charge is 2.12. The number of fused-ring (bicyclic) bond motifs is 1. The smallest absolute Gasteiger partial charge is 0.102 e. The second-order valence-corrected chi connectivity index (χ2v) is 4.73. The summed E-state index contributed by atoms with van der Waals surface area (Å²) in [5.74, 6) is 0. The van der Waals surface area contributed by atoms with Crippen LogP contribution < -0.4 is 0 Å². The third-order valence-corrected chi connectivity index (χ3v) is 3.71. The van der Waals surface area contributed by atoms with Gasteiger partial charge in [-0.3, -0.25) is 0 Å². The Kier molecular flexibility index (Phi) is 2.61. The average molecular weight is 246 g/mol. The van der Waals surface area contributed by atoms with Crippen LogP contribution in [-0.4, -0.2) is 4.57 Å². The summed E-state index contributed by atoms with van der Waals surface area (Å²) in [7, 11) is 2.00. The van der Waals surface area contributed by atoms with E-state index in [4.69, 9.17) is 0 Å². The van der Waals surface area contributed by atoms with E-state index in [1.807, 2.05) is 32.2 Å². The van der Waals surface area contributed by atoms with Crippen LogP contribution in [0.4, 0.5) is 0 Å². The van der Waals surface area contributed by atoms with E-state index in [9.17, 15) is 5.26 Å². The second kappa shape index (κ2) is 4.29. The van der Waals surface area contributed by atoms with Crippen molar-refractivity contribution in [3.05, 3.63) is 59.8 Å². The molecule has 3 rings (SSSR count). The first-order valence-electron chi connectivity index (χ1n) is 6.27. The molecule has 0 amide bonds. The summed E-state index contributed by atoms with van der Waals surface area (Å²) >= 11 is 0. The second-order valence-electron chi connectivity index (χ2n) is 4.73. The zero-order valence-electron chi connectivity index (χ0n) is 11.0. The molecule has 19 heavy (non-hydrogen) atoms. The van der Waals surface area contributed by atoms with Crippen molar-refractivity contribution < 1.29 is 0 Å². The van der Waals surface area contributed by atoms with Gasteiger partial charge in [-0.25, -0.2) is 0 Å². The Balaban J connectivity index is 2.30. The summed E-state index contributed by atoms with van der Waals surface area (Å²) in [6.45, 7) is 1.99. The molecule has 3 aromatic rings. The molecule has 0 spiro atoms. The van der Waals surface area contributed by atoms with Gasteiger partial charge in [0.1, 0.15) is 6.07 Å². The minimum Gasteiger partial charge on any atom is -0.347 e. The molecule has 2 heteroatoms. The number of nitriles is 1. The molecule has 0 aliphatic carbocycles. The maximum absolute atomic E-state index is 9.33. The van der Waals surface area contributed by atoms with Crippen LogP contribution in [0, 0.1) is 18.3 Å². The van der Waals surface area contributed by atoms with Crippen molar-refractivity contribution in [2.75, 3.05) is 0 Å². The van der Waals surface area contributed by atoms with Crippen LogP contribution in [0.1, 0.15) is 11.3 Å². The van der Waals surface area contributed by atoms with Crippen molar-refractivity contribution in [1.29, 1.82) is 5.26 Å². The molecule has 0 unspecified atom stereocenters. The van der Waals surface area contributed by atoms with E-state index in [0.29, 0.717) is 0 Å². The molecule has 0 aliphatic heterocycles. The van der Waals surface area contributed by atoms with Crippen LogP contribution in [0.25, 0.3) is 22.0 Å². The Bertz CT molecular complexity index is 789. The molecule has 0 aliphatic rings. The summed E-state index contributed by atoms with van der Waals surface area (Å²) in [6, 6.07) is 18.9. The van der Waals surface area contributed by atoms with Gasteiger partial charge < -0.3 is 4.57 Å². The van der Waals surface area contributed by atoms with Crippen molar-refractivity contribution in [2.24, 2.45) is 7.05 Å². The molecule has 0 fully saturated rings. The average Bonchev–Trinajstić information content (AvgIpc) is 2.71. The number of nitrogens with zero attached hydrogens (tertiary/aromatic N) is 2. The van der Waals surface area contributed by atoms with Crippen LogP contribution in [0.2, 0.25) is 0 Å². The fourth-order valence-electron chi connectivity index (χ4n) is 2.52. The molecule has 0 saturated heterocycles. The standard InChI is InChI=1S/C17H14N2/c1-12-16(11-18)15-10-14(8-9-17(15)19(12)2)13-6-4-3-5-7-13/h3-10H,1-2H3. The van der Waals surface area contributed by atoms with E-state index in [1.54, 1.807) is 0 Å². The lowest BCUT2D eigenvalue weighted by Gasteiger charge is -2.03. The van der Waals surface area contributed by atoms with Crippen LogP contribution in [-0.2, 0) is 7.05 Å². The Morgan fingerprint density at radius 1 is 1.00 bits per heavy atom. The van der Waals surface area contributed by atoms with Gasteiger partial charge in [-0.2, -0.15) is 5.26 Å². The summed E-state index contributed by atoms with van der Waals surface area (Å²) in [6.07, 6.45) is 0. The molecule has 0 atom stereocenters. The van der Waals surface area contributed by atoms with Gasteiger partial charge in [0.25, 0.3) is 0 Å². The fourth-order valence-corrected chi connectivity index (χ4v) is 2.52. The fraction of sp³-hybridized carbons (Fsp3) is 0.118. The normalized spacial score (nSPS) is 10.6. The summed E-state index contributed by atoms with van der Waals surface area (Å²) in [5.41, 5.74) is 5.22. The van der Waals surface area contributed by atoms with E-state index >= 15 is 0 Å². The lowest BCUT2D eigenvalue weighted by atomic mass is 10.0. The largest absolute Gasteiger partial charge is 0.347 e. The zero-order chi connectivity index (χ0) is 13.4. The van der Waals surface area contributed by atoms with Gasteiger partial charge in [-0.1, -0.05) is 36.4 Å². The van der Waals surface area contributed by atoms with Crippen molar-refractivity contribution in [3.8, 4) is 17.2 Å². The van der Waals surface area contributed by atoms with E-state index in [-0.39, 0.29) is 0 Å². The number of aryl methyl sites for hydroxylation is 1. The van der Waals surface area contributed by atoms with Gasteiger partial charge in [0, 0.05) is 23.6 Å². The molecular weight excluding hydrogens is 232 g/mol. The van der Waals surface area contributed by atoms with E-state index in [2.05, 4.69) is 41.0 Å². The van der Waals surface area contributed by atoms with Crippen molar-refractivity contribution in [3.63, 3.8) is 0 Å². The number of benzene rings is 2.